The molecule has 2 aromatic rings. The van der Waals surface area contributed by atoms with Crippen LogP contribution in [0.25, 0.3) is 6.08 Å². The lowest BCUT2D eigenvalue weighted by atomic mass is 9.57. The van der Waals surface area contributed by atoms with E-state index < -0.39 is 11.5 Å². The highest BCUT2D eigenvalue weighted by Gasteiger charge is 2.48. The number of benzene rings is 2. The van der Waals surface area contributed by atoms with Crippen LogP contribution in [0.3, 0.4) is 0 Å². The quantitative estimate of drug-likeness (QED) is 0.741. The minimum Gasteiger partial charge on any atom is -0.392 e. The molecular weight excluding hydrogens is 351 g/mol. The first-order chi connectivity index (χ1) is 13.5. The number of aliphatic hydroxyl groups excluding tert-OH is 1. The van der Waals surface area contributed by atoms with Crippen LogP contribution < -0.4 is 0 Å². The Morgan fingerprint density at radius 2 is 1.86 bits per heavy atom. The number of carbonyl (C=O) groups excluding carboxylic acids is 1. The first-order valence-electron chi connectivity index (χ1n) is 9.93. The second kappa shape index (κ2) is 7.48. The predicted octanol–water partition coefficient (Wildman–Crippen LogP) is 5.27. The Hall–Kier alpha value is -2.52. The van der Waals surface area contributed by atoms with E-state index >= 15 is 0 Å². The molecule has 28 heavy (non-hydrogen) atoms. The lowest BCUT2D eigenvalue weighted by molar-refractivity contribution is -0.113. The van der Waals surface area contributed by atoms with Crippen molar-refractivity contribution in [3.05, 3.63) is 88.3 Å². The Labute approximate surface area is 165 Å². The highest BCUT2D eigenvalue weighted by Crippen LogP contribution is 2.52. The highest BCUT2D eigenvalue weighted by atomic mass is 19.1. The van der Waals surface area contributed by atoms with Gasteiger partial charge in [0.25, 0.3) is 0 Å². The monoisotopic (exact) mass is 376 g/mol. The predicted molar refractivity (Wildman–Crippen MR) is 109 cm³/mol. The maximum Gasteiger partial charge on any atom is 0.184 e. The Bertz CT molecular complexity index is 958. The Balaban J connectivity index is 1.83. The summed E-state index contributed by atoms with van der Waals surface area (Å²) in [5.74, 6) is -0.354. The molecule has 0 bridgehead atoms. The molecule has 0 unspecified atom stereocenters. The largest absolute Gasteiger partial charge is 0.392 e. The van der Waals surface area contributed by atoms with Crippen molar-refractivity contribution in [3.63, 3.8) is 0 Å². The Kier molecular flexibility index (Phi) is 5.03. The van der Waals surface area contributed by atoms with Crippen LogP contribution in [0.15, 0.2) is 71.3 Å². The summed E-state index contributed by atoms with van der Waals surface area (Å²) in [5, 5.41) is 11.1. The molecule has 2 atom stereocenters. The summed E-state index contributed by atoms with van der Waals surface area (Å²) in [5.41, 5.74) is 3.47. The van der Waals surface area contributed by atoms with Crippen LogP contribution >= 0.6 is 0 Å². The molecule has 2 nitrogen and oxygen atoms in total. The first-order valence-corrected chi connectivity index (χ1v) is 9.93. The molecule has 2 aliphatic carbocycles. The van der Waals surface area contributed by atoms with Crippen molar-refractivity contribution in [2.75, 3.05) is 0 Å². The highest BCUT2D eigenvalue weighted by molar-refractivity contribution is 6.12. The zero-order valence-corrected chi connectivity index (χ0v) is 16.1. The van der Waals surface area contributed by atoms with Gasteiger partial charge in [-0.05, 0) is 62.3 Å². The van der Waals surface area contributed by atoms with Gasteiger partial charge in [-0.2, -0.15) is 0 Å². The molecule has 3 heteroatoms. The van der Waals surface area contributed by atoms with E-state index in [4.69, 9.17) is 0 Å². The van der Waals surface area contributed by atoms with Gasteiger partial charge >= 0.3 is 0 Å². The first kappa shape index (κ1) is 18.8. The number of ketones is 1. The van der Waals surface area contributed by atoms with Crippen molar-refractivity contribution in [2.24, 2.45) is 5.41 Å². The van der Waals surface area contributed by atoms with E-state index in [1.807, 2.05) is 25.1 Å². The number of hydrogen-bond acceptors (Lipinski definition) is 2. The van der Waals surface area contributed by atoms with Crippen LogP contribution in [-0.2, 0) is 11.2 Å². The fraction of sp³-hybridized carbons (Fsp3) is 0.320. The number of rotatable bonds is 3. The SMILES string of the molecule is CC1=C2CCC[C@H](O)[C@@]2(Cc2ccccc2)C/C(=C\c2ccccc2F)C1=O. The van der Waals surface area contributed by atoms with Gasteiger partial charge in [-0.15, -0.1) is 0 Å². The van der Waals surface area contributed by atoms with Crippen molar-refractivity contribution >= 4 is 11.9 Å². The molecular formula is C25H25FO2. The van der Waals surface area contributed by atoms with Crippen molar-refractivity contribution in [3.8, 4) is 0 Å². The summed E-state index contributed by atoms with van der Waals surface area (Å²) in [6, 6.07) is 16.6. The molecule has 2 aromatic carbocycles. The van der Waals surface area contributed by atoms with Crippen LogP contribution in [0, 0.1) is 11.2 Å². The molecule has 1 fully saturated rings. The third kappa shape index (κ3) is 3.24. The van der Waals surface area contributed by atoms with Gasteiger partial charge in [0.1, 0.15) is 5.82 Å². The molecule has 4 rings (SSSR count). The number of aliphatic hydroxyl groups is 1. The van der Waals surface area contributed by atoms with Gasteiger partial charge in [-0.1, -0.05) is 54.1 Å². The number of halogens is 1. The lowest BCUT2D eigenvalue weighted by Crippen LogP contribution is -2.46. The van der Waals surface area contributed by atoms with E-state index in [2.05, 4.69) is 12.1 Å². The van der Waals surface area contributed by atoms with E-state index in [1.165, 1.54) is 6.07 Å². The maximum absolute atomic E-state index is 14.2. The van der Waals surface area contributed by atoms with Crippen LogP contribution in [0.5, 0.6) is 0 Å². The van der Waals surface area contributed by atoms with Crippen LogP contribution in [-0.4, -0.2) is 17.0 Å². The third-order valence-electron chi connectivity index (χ3n) is 6.33. The minimum absolute atomic E-state index is 0.0176. The van der Waals surface area contributed by atoms with Gasteiger partial charge in [0.2, 0.25) is 0 Å². The van der Waals surface area contributed by atoms with E-state index in [0.717, 1.165) is 36.0 Å². The molecule has 2 aliphatic rings. The number of fused-ring (bicyclic) bond motifs is 1. The fourth-order valence-corrected chi connectivity index (χ4v) is 4.93. The van der Waals surface area contributed by atoms with Gasteiger partial charge in [-0.3, -0.25) is 4.79 Å². The van der Waals surface area contributed by atoms with Crippen LogP contribution in [0.1, 0.15) is 43.7 Å². The zero-order chi connectivity index (χ0) is 19.7. The molecule has 0 amide bonds. The lowest BCUT2D eigenvalue weighted by Gasteiger charge is -2.48. The molecule has 0 aromatic heterocycles. The molecule has 0 heterocycles. The summed E-state index contributed by atoms with van der Waals surface area (Å²) >= 11 is 0. The van der Waals surface area contributed by atoms with Crippen molar-refractivity contribution in [1.29, 1.82) is 0 Å². The number of allylic oxidation sites excluding steroid dienone is 2. The molecule has 0 radical (unpaired) electrons. The molecule has 144 valence electrons. The average Bonchev–Trinajstić information content (AvgIpc) is 2.70. The van der Waals surface area contributed by atoms with Crippen molar-refractivity contribution < 1.29 is 14.3 Å². The molecule has 1 N–H and O–H groups in total. The number of Topliss-reactive ketones (excluding diaryl/α,β-unsaturated/α-hetero) is 1. The van der Waals surface area contributed by atoms with Crippen LogP contribution in [0.4, 0.5) is 4.39 Å². The van der Waals surface area contributed by atoms with Gasteiger partial charge in [0, 0.05) is 16.6 Å². The summed E-state index contributed by atoms with van der Waals surface area (Å²) < 4.78 is 14.2. The Morgan fingerprint density at radius 1 is 1.14 bits per heavy atom. The smallest absolute Gasteiger partial charge is 0.184 e. The maximum atomic E-state index is 14.2. The van der Waals surface area contributed by atoms with Gasteiger partial charge < -0.3 is 5.11 Å². The second-order valence-electron chi connectivity index (χ2n) is 8.03. The summed E-state index contributed by atoms with van der Waals surface area (Å²) in [6.45, 7) is 1.86. The number of hydrogen-bond donors (Lipinski definition) is 1. The molecule has 0 spiro atoms. The van der Waals surface area contributed by atoms with E-state index in [0.29, 0.717) is 24.0 Å². The summed E-state index contributed by atoms with van der Waals surface area (Å²) in [4.78, 5) is 13.1. The van der Waals surface area contributed by atoms with Gasteiger partial charge in [0.05, 0.1) is 6.10 Å². The molecule has 0 saturated heterocycles. The van der Waals surface area contributed by atoms with Crippen LogP contribution in [0.2, 0.25) is 0 Å². The number of carbonyl (C=O) groups is 1. The Morgan fingerprint density at radius 3 is 2.61 bits per heavy atom. The second-order valence-corrected chi connectivity index (χ2v) is 8.03. The van der Waals surface area contributed by atoms with Crippen molar-refractivity contribution in [1.82, 2.24) is 0 Å². The van der Waals surface area contributed by atoms with E-state index in [-0.39, 0.29) is 11.6 Å². The van der Waals surface area contributed by atoms with Gasteiger partial charge in [0.15, 0.2) is 5.78 Å². The topological polar surface area (TPSA) is 37.3 Å². The average molecular weight is 376 g/mol. The fourth-order valence-electron chi connectivity index (χ4n) is 4.93. The van der Waals surface area contributed by atoms with E-state index in [1.54, 1.807) is 24.3 Å². The van der Waals surface area contributed by atoms with Crippen molar-refractivity contribution in [2.45, 2.75) is 45.1 Å². The van der Waals surface area contributed by atoms with E-state index in [9.17, 15) is 14.3 Å². The minimum atomic E-state index is -0.511. The standard InChI is InChI=1S/C25H25FO2/c1-17-21-11-7-13-23(27)25(21,15-18-8-3-2-4-9-18)16-20(24(17)28)14-19-10-5-6-12-22(19)26/h2-6,8-10,12,14,23,27H,7,11,13,15-16H2,1H3/b20-14+/t23-,25-/m0/s1. The zero-order valence-electron chi connectivity index (χ0n) is 16.1. The normalized spacial score (nSPS) is 26.5. The molecule has 1 saturated carbocycles. The third-order valence-corrected chi connectivity index (χ3v) is 6.33. The van der Waals surface area contributed by atoms with Gasteiger partial charge in [-0.25, -0.2) is 4.39 Å². The summed E-state index contributed by atoms with van der Waals surface area (Å²) in [7, 11) is 0. The molecule has 0 aliphatic heterocycles. The summed E-state index contributed by atoms with van der Waals surface area (Å²) in [6.07, 6.45) is 4.75.